The third-order valence-electron chi connectivity index (χ3n) is 3.84. The smallest absolute Gasteiger partial charge is 0.295 e. The Bertz CT molecular complexity index is 813. The van der Waals surface area contributed by atoms with Crippen LogP contribution in [0.2, 0.25) is 0 Å². The summed E-state index contributed by atoms with van der Waals surface area (Å²) in [6.07, 6.45) is 1.83. The van der Waals surface area contributed by atoms with Crippen LogP contribution in [0.1, 0.15) is 18.2 Å². The summed E-state index contributed by atoms with van der Waals surface area (Å²) in [6.45, 7) is 3.12. The average Bonchev–Trinajstić information content (AvgIpc) is 2.95. The first kappa shape index (κ1) is 16.1. The van der Waals surface area contributed by atoms with Crippen molar-refractivity contribution < 1.29 is 27.0 Å². The summed E-state index contributed by atoms with van der Waals surface area (Å²) in [5.41, 5.74) is 1.27. The van der Waals surface area contributed by atoms with Crippen LogP contribution in [-0.4, -0.2) is 26.2 Å². The maximum absolute atomic E-state index is 11.5. The van der Waals surface area contributed by atoms with Gasteiger partial charge in [0.25, 0.3) is 15.9 Å². The molecule has 1 fully saturated rings. The molecule has 6 nitrogen and oxygen atoms in total. The van der Waals surface area contributed by atoms with E-state index in [0.717, 1.165) is 5.69 Å². The standard InChI is InChI=1S/C16H17NO5S/c1-16(21-10-11-22-16)15-8-4-5-9-17(15)12-13-6-2-3-7-14(13)23(18,19)20/h2-9H,10-12H2,1H3/p+1. The van der Waals surface area contributed by atoms with Gasteiger partial charge < -0.3 is 9.47 Å². The zero-order valence-corrected chi connectivity index (χ0v) is 13.5. The molecule has 1 aromatic heterocycles. The van der Waals surface area contributed by atoms with Crippen molar-refractivity contribution in [1.82, 2.24) is 0 Å². The zero-order valence-electron chi connectivity index (χ0n) is 12.7. The lowest BCUT2D eigenvalue weighted by molar-refractivity contribution is -0.706. The Balaban J connectivity index is 2.03. The molecule has 0 spiro atoms. The summed E-state index contributed by atoms with van der Waals surface area (Å²) in [6, 6.07) is 12.0. The fraction of sp³-hybridized carbons (Fsp3) is 0.312. The predicted octanol–water partition coefficient (Wildman–Crippen LogP) is 1.49. The van der Waals surface area contributed by atoms with Crippen molar-refractivity contribution in [2.75, 3.05) is 13.2 Å². The predicted molar refractivity (Wildman–Crippen MR) is 81.3 cm³/mol. The highest BCUT2D eigenvalue weighted by Gasteiger charge is 2.41. The molecule has 0 amide bonds. The van der Waals surface area contributed by atoms with Crippen molar-refractivity contribution in [2.24, 2.45) is 0 Å². The lowest BCUT2D eigenvalue weighted by Crippen LogP contribution is -2.45. The van der Waals surface area contributed by atoms with E-state index in [0.29, 0.717) is 18.8 Å². The second kappa shape index (κ2) is 6.01. The number of hydrogen-bond donors (Lipinski definition) is 1. The van der Waals surface area contributed by atoms with E-state index in [1.54, 1.807) is 18.2 Å². The molecule has 2 aromatic rings. The van der Waals surface area contributed by atoms with E-state index in [1.807, 2.05) is 35.9 Å². The van der Waals surface area contributed by atoms with Crippen LogP contribution in [0.15, 0.2) is 53.6 Å². The van der Waals surface area contributed by atoms with Gasteiger partial charge in [0.2, 0.25) is 5.69 Å². The molecule has 0 unspecified atom stereocenters. The minimum absolute atomic E-state index is 0.0966. The van der Waals surface area contributed by atoms with Gasteiger partial charge in [0.05, 0.1) is 13.2 Å². The van der Waals surface area contributed by atoms with Crippen LogP contribution < -0.4 is 4.57 Å². The maximum Gasteiger partial charge on any atom is 0.295 e. The lowest BCUT2D eigenvalue weighted by Gasteiger charge is -2.20. The molecule has 2 heterocycles. The van der Waals surface area contributed by atoms with Gasteiger partial charge >= 0.3 is 0 Å². The highest BCUT2D eigenvalue weighted by atomic mass is 32.2. The molecule has 1 aliphatic heterocycles. The van der Waals surface area contributed by atoms with E-state index < -0.39 is 15.9 Å². The quantitative estimate of drug-likeness (QED) is 0.676. The van der Waals surface area contributed by atoms with Crippen LogP contribution in [0.3, 0.4) is 0 Å². The second-order valence-corrected chi connectivity index (χ2v) is 6.83. The number of benzene rings is 1. The topological polar surface area (TPSA) is 76.7 Å². The molecule has 1 aliphatic rings. The second-order valence-electron chi connectivity index (χ2n) is 5.44. The Hall–Kier alpha value is -1.80. The van der Waals surface area contributed by atoms with E-state index in [4.69, 9.17) is 9.47 Å². The van der Waals surface area contributed by atoms with Crippen molar-refractivity contribution in [2.45, 2.75) is 24.2 Å². The SMILES string of the molecule is CC1(c2cccc[n+]2Cc2ccccc2S(=O)(=O)O)OCCO1. The molecule has 0 saturated carbocycles. The van der Waals surface area contributed by atoms with E-state index in [1.165, 1.54) is 6.07 Å². The van der Waals surface area contributed by atoms with E-state index in [2.05, 4.69) is 0 Å². The molecule has 0 radical (unpaired) electrons. The zero-order chi connectivity index (χ0) is 16.5. The molecule has 122 valence electrons. The molecule has 23 heavy (non-hydrogen) atoms. The first-order valence-electron chi connectivity index (χ1n) is 7.22. The van der Waals surface area contributed by atoms with E-state index in [9.17, 15) is 13.0 Å². The molecule has 0 bridgehead atoms. The van der Waals surface area contributed by atoms with Crippen LogP contribution in [-0.2, 0) is 31.9 Å². The Morgan fingerprint density at radius 2 is 1.78 bits per heavy atom. The van der Waals surface area contributed by atoms with Gasteiger partial charge in [0.1, 0.15) is 4.90 Å². The number of aromatic nitrogens is 1. The summed E-state index contributed by atoms with van der Waals surface area (Å²) in [5.74, 6) is -0.867. The Kier molecular flexibility index (Phi) is 4.20. The fourth-order valence-electron chi connectivity index (χ4n) is 2.76. The van der Waals surface area contributed by atoms with Gasteiger partial charge in [0, 0.05) is 24.6 Å². The van der Waals surface area contributed by atoms with Gasteiger partial charge in [-0.25, -0.2) is 0 Å². The largest absolute Gasteiger partial charge is 0.339 e. The molecular weight excluding hydrogens is 318 g/mol. The van der Waals surface area contributed by atoms with Crippen molar-refractivity contribution in [3.8, 4) is 0 Å². The summed E-state index contributed by atoms with van der Waals surface area (Å²) in [4.78, 5) is -0.0966. The van der Waals surface area contributed by atoms with Crippen molar-refractivity contribution in [3.05, 3.63) is 59.9 Å². The third kappa shape index (κ3) is 3.28. The number of hydrogen-bond acceptors (Lipinski definition) is 4. The highest BCUT2D eigenvalue weighted by molar-refractivity contribution is 7.85. The van der Waals surface area contributed by atoms with Crippen molar-refractivity contribution >= 4 is 10.1 Å². The minimum atomic E-state index is -4.28. The van der Waals surface area contributed by atoms with Gasteiger partial charge in [-0.05, 0) is 12.1 Å². The van der Waals surface area contributed by atoms with Crippen LogP contribution >= 0.6 is 0 Å². The van der Waals surface area contributed by atoms with Crippen LogP contribution in [0, 0.1) is 0 Å². The summed E-state index contributed by atoms with van der Waals surface area (Å²) >= 11 is 0. The average molecular weight is 336 g/mol. The van der Waals surface area contributed by atoms with Gasteiger partial charge in [0.15, 0.2) is 12.7 Å². The van der Waals surface area contributed by atoms with E-state index in [-0.39, 0.29) is 11.4 Å². The molecule has 3 rings (SSSR count). The Morgan fingerprint density at radius 3 is 2.48 bits per heavy atom. The molecule has 7 heteroatoms. The molecular formula is C16H18NO5S+. The number of pyridine rings is 1. The lowest BCUT2D eigenvalue weighted by atomic mass is 10.1. The third-order valence-corrected chi connectivity index (χ3v) is 4.79. The van der Waals surface area contributed by atoms with Crippen molar-refractivity contribution in [3.63, 3.8) is 0 Å². The number of ether oxygens (including phenoxy) is 2. The van der Waals surface area contributed by atoms with Gasteiger partial charge in [-0.1, -0.05) is 18.2 Å². The van der Waals surface area contributed by atoms with Crippen LogP contribution in [0.25, 0.3) is 0 Å². The van der Waals surface area contributed by atoms with Gasteiger partial charge in [-0.3, -0.25) is 4.55 Å². The number of rotatable bonds is 4. The Labute approximate surface area is 135 Å². The van der Waals surface area contributed by atoms with Gasteiger partial charge in [-0.15, -0.1) is 0 Å². The highest BCUT2D eigenvalue weighted by Crippen LogP contribution is 2.28. The normalized spacial score (nSPS) is 17.3. The molecule has 0 atom stereocenters. The van der Waals surface area contributed by atoms with Crippen molar-refractivity contribution in [1.29, 1.82) is 0 Å². The van der Waals surface area contributed by atoms with Gasteiger partial charge in [-0.2, -0.15) is 13.0 Å². The first-order chi connectivity index (χ1) is 10.9. The molecule has 1 saturated heterocycles. The molecule has 1 aromatic carbocycles. The minimum Gasteiger partial charge on any atom is -0.339 e. The molecule has 1 N–H and O–H groups in total. The summed E-state index contributed by atoms with van der Waals surface area (Å²) < 4.78 is 45.7. The monoisotopic (exact) mass is 336 g/mol. The maximum atomic E-state index is 11.5. The Morgan fingerprint density at radius 1 is 1.13 bits per heavy atom. The van der Waals surface area contributed by atoms with Crippen LogP contribution in [0.5, 0.6) is 0 Å². The van der Waals surface area contributed by atoms with E-state index >= 15 is 0 Å². The number of nitrogens with zero attached hydrogens (tertiary/aromatic N) is 1. The molecule has 0 aliphatic carbocycles. The summed E-state index contributed by atoms with van der Waals surface area (Å²) in [5, 5.41) is 0. The fourth-order valence-corrected chi connectivity index (χ4v) is 3.47. The summed E-state index contributed by atoms with van der Waals surface area (Å²) in [7, 11) is -4.28. The van der Waals surface area contributed by atoms with Crippen LogP contribution in [0.4, 0.5) is 0 Å². The first-order valence-corrected chi connectivity index (χ1v) is 8.66.